The number of benzene rings is 1. The largest absolute Gasteiger partial charge is 0.409 e. The van der Waals surface area contributed by atoms with Gasteiger partial charge < -0.3 is 10.9 Å². The predicted molar refractivity (Wildman–Crippen MR) is 65.8 cm³/mol. The Hall–Kier alpha value is -2.01. The summed E-state index contributed by atoms with van der Waals surface area (Å²) >= 11 is 5.82. The Bertz CT molecular complexity index is 577. The van der Waals surface area contributed by atoms with Crippen molar-refractivity contribution in [2.24, 2.45) is 10.9 Å². The molecule has 1 heterocycles. The van der Waals surface area contributed by atoms with Gasteiger partial charge >= 0.3 is 0 Å². The van der Waals surface area contributed by atoms with E-state index in [4.69, 9.17) is 22.5 Å². The van der Waals surface area contributed by atoms with Gasteiger partial charge in [0.2, 0.25) is 0 Å². The first-order valence-corrected chi connectivity index (χ1v) is 5.28. The summed E-state index contributed by atoms with van der Waals surface area (Å²) in [4.78, 5) is 0. The second kappa shape index (κ2) is 4.47. The van der Waals surface area contributed by atoms with Crippen molar-refractivity contribution in [1.29, 1.82) is 0 Å². The molecule has 0 aliphatic carbocycles. The molecule has 0 aliphatic rings. The van der Waals surface area contributed by atoms with Crippen LogP contribution in [-0.4, -0.2) is 20.8 Å². The highest BCUT2D eigenvalue weighted by molar-refractivity contribution is 6.30. The van der Waals surface area contributed by atoms with Crippen LogP contribution in [0.15, 0.2) is 35.7 Å². The predicted octanol–water partition coefficient (Wildman–Crippen LogP) is 1.93. The van der Waals surface area contributed by atoms with Gasteiger partial charge in [-0.2, -0.15) is 5.10 Å². The first-order chi connectivity index (χ1) is 8.11. The summed E-state index contributed by atoms with van der Waals surface area (Å²) in [5.41, 5.74) is 7.97. The van der Waals surface area contributed by atoms with Crippen molar-refractivity contribution in [2.45, 2.75) is 6.92 Å². The summed E-state index contributed by atoms with van der Waals surface area (Å²) in [5, 5.41) is 16.4. The minimum absolute atomic E-state index is 0.0339. The SMILES string of the molecule is Cc1ccc(C(N)=NO)c(-n2cc(Cl)cn2)c1. The Morgan fingerprint density at radius 2 is 2.29 bits per heavy atom. The molecule has 1 aromatic carbocycles. The Kier molecular flexibility index (Phi) is 3.01. The molecular formula is C11H11ClN4O. The summed E-state index contributed by atoms with van der Waals surface area (Å²) in [7, 11) is 0. The number of amidine groups is 1. The van der Waals surface area contributed by atoms with Crippen LogP contribution in [0.25, 0.3) is 5.69 Å². The van der Waals surface area contributed by atoms with Gasteiger partial charge in [0.15, 0.2) is 5.84 Å². The monoisotopic (exact) mass is 250 g/mol. The third-order valence-electron chi connectivity index (χ3n) is 2.33. The fourth-order valence-electron chi connectivity index (χ4n) is 1.53. The standard InChI is InChI=1S/C11H11ClN4O/c1-7-2-3-9(11(13)15-17)10(4-7)16-6-8(12)5-14-16/h2-6,17H,1H3,(H2,13,15). The molecule has 3 N–H and O–H groups in total. The van der Waals surface area contributed by atoms with E-state index in [2.05, 4.69) is 10.3 Å². The van der Waals surface area contributed by atoms with Crippen LogP contribution in [0.2, 0.25) is 5.02 Å². The summed E-state index contributed by atoms with van der Waals surface area (Å²) in [6.07, 6.45) is 3.18. The number of hydrogen-bond donors (Lipinski definition) is 2. The molecule has 6 heteroatoms. The molecule has 5 nitrogen and oxygen atoms in total. The molecule has 0 aliphatic heterocycles. The van der Waals surface area contributed by atoms with E-state index in [0.717, 1.165) is 5.56 Å². The fourth-order valence-corrected chi connectivity index (χ4v) is 1.67. The minimum atomic E-state index is 0.0339. The summed E-state index contributed by atoms with van der Waals surface area (Å²) in [6.45, 7) is 1.95. The first-order valence-electron chi connectivity index (χ1n) is 4.91. The number of rotatable bonds is 2. The van der Waals surface area contributed by atoms with Gasteiger partial charge in [-0.3, -0.25) is 0 Å². The zero-order valence-corrected chi connectivity index (χ0v) is 9.89. The lowest BCUT2D eigenvalue weighted by atomic mass is 10.1. The molecule has 0 amide bonds. The number of nitrogens with two attached hydrogens (primary N) is 1. The third kappa shape index (κ3) is 2.24. The van der Waals surface area contributed by atoms with E-state index in [-0.39, 0.29) is 5.84 Å². The maximum Gasteiger partial charge on any atom is 0.172 e. The van der Waals surface area contributed by atoms with Crippen LogP contribution in [0, 0.1) is 6.92 Å². The van der Waals surface area contributed by atoms with Crippen molar-refractivity contribution in [1.82, 2.24) is 9.78 Å². The summed E-state index contributed by atoms with van der Waals surface area (Å²) in [5.74, 6) is 0.0339. The molecule has 2 rings (SSSR count). The lowest BCUT2D eigenvalue weighted by Crippen LogP contribution is -2.16. The molecule has 1 aromatic heterocycles. The number of halogens is 1. The van der Waals surface area contributed by atoms with Gasteiger partial charge in [0.1, 0.15) is 0 Å². The van der Waals surface area contributed by atoms with Gasteiger partial charge in [-0.25, -0.2) is 4.68 Å². The van der Waals surface area contributed by atoms with Crippen LogP contribution in [0.3, 0.4) is 0 Å². The fraction of sp³-hybridized carbons (Fsp3) is 0.0909. The van der Waals surface area contributed by atoms with Crippen LogP contribution < -0.4 is 5.73 Å². The molecule has 2 aromatic rings. The van der Waals surface area contributed by atoms with Crippen LogP contribution in [-0.2, 0) is 0 Å². The van der Waals surface area contributed by atoms with Crippen LogP contribution >= 0.6 is 11.6 Å². The molecule has 0 unspecified atom stereocenters. The van der Waals surface area contributed by atoms with Crippen LogP contribution in [0.5, 0.6) is 0 Å². The Balaban J connectivity index is 2.62. The minimum Gasteiger partial charge on any atom is -0.409 e. The highest BCUT2D eigenvalue weighted by Crippen LogP contribution is 2.18. The van der Waals surface area contributed by atoms with Gasteiger partial charge in [-0.15, -0.1) is 0 Å². The van der Waals surface area contributed by atoms with E-state index >= 15 is 0 Å². The second-order valence-electron chi connectivity index (χ2n) is 3.61. The third-order valence-corrected chi connectivity index (χ3v) is 2.53. The number of oxime groups is 1. The molecule has 0 atom stereocenters. The van der Waals surface area contributed by atoms with Gasteiger partial charge in [-0.05, 0) is 24.6 Å². The van der Waals surface area contributed by atoms with Gasteiger partial charge in [0.25, 0.3) is 0 Å². The molecular weight excluding hydrogens is 240 g/mol. The maximum atomic E-state index is 8.74. The highest BCUT2D eigenvalue weighted by Gasteiger charge is 2.10. The molecule has 0 bridgehead atoms. The zero-order valence-electron chi connectivity index (χ0n) is 9.13. The van der Waals surface area contributed by atoms with Crippen molar-refractivity contribution < 1.29 is 5.21 Å². The lowest BCUT2D eigenvalue weighted by Gasteiger charge is -2.09. The first kappa shape index (κ1) is 11.5. The molecule has 0 spiro atoms. The van der Waals surface area contributed by atoms with Gasteiger partial charge in [0, 0.05) is 11.8 Å². The van der Waals surface area contributed by atoms with Crippen LogP contribution in [0.4, 0.5) is 0 Å². The van der Waals surface area contributed by atoms with Crippen LogP contribution in [0.1, 0.15) is 11.1 Å². The Labute approximate surface area is 103 Å². The highest BCUT2D eigenvalue weighted by atomic mass is 35.5. The zero-order chi connectivity index (χ0) is 12.4. The normalized spacial score (nSPS) is 11.8. The molecule has 0 radical (unpaired) electrons. The van der Waals surface area contributed by atoms with Gasteiger partial charge in [0.05, 0.1) is 16.9 Å². The number of aromatic nitrogens is 2. The van der Waals surface area contributed by atoms with E-state index < -0.39 is 0 Å². The number of nitrogens with zero attached hydrogens (tertiary/aromatic N) is 3. The smallest absolute Gasteiger partial charge is 0.172 e. The van der Waals surface area contributed by atoms with E-state index in [1.807, 2.05) is 19.1 Å². The summed E-state index contributed by atoms with van der Waals surface area (Å²) in [6, 6.07) is 5.54. The molecule has 88 valence electrons. The van der Waals surface area contributed by atoms with Crippen molar-refractivity contribution in [3.05, 3.63) is 46.7 Å². The Morgan fingerprint density at radius 1 is 1.53 bits per heavy atom. The topological polar surface area (TPSA) is 76.4 Å². The van der Waals surface area contributed by atoms with Crippen molar-refractivity contribution >= 4 is 17.4 Å². The average Bonchev–Trinajstić information content (AvgIpc) is 2.75. The number of hydrogen-bond acceptors (Lipinski definition) is 3. The van der Waals surface area contributed by atoms with E-state index in [1.54, 1.807) is 16.9 Å². The molecule has 0 fully saturated rings. The number of aryl methyl sites for hydroxylation is 1. The van der Waals surface area contributed by atoms with Crippen molar-refractivity contribution in [2.75, 3.05) is 0 Å². The second-order valence-corrected chi connectivity index (χ2v) is 4.05. The van der Waals surface area contributed by atoms with E-state index in [1.165, 1.54) is 6.20 Å². The quantitative estimate of drug-likeness (QED) is 0.370. The van der Waals surface area contributed by atoms with E-state index in [0.29, 0.717) is 16.3 Å². The molecule has 17 heavy (non-hydrogen) atoms. The lowest BCUT2D eigenvalue weighted by molar-refractivity contribution is 0.318. The summed E-state index contributed by atoms with van der Waals surface area (Å²) < 4.78 is 1.59. The molecule has 0 saturated heterocycles. The van der Waals surface area contributed by atoms with Crippen molar-refractivity contribution in [3.8, 4) is 5.69 Å². The molecule has 0 saturated carbocycles. The maximum absolute atomic E-state index is 8.74. The van der Waals surface area contributed by atoms with Crippen molar-refractivity contribution in [3.63, 3.8) is 0 Å². The Morgan fingerprint density at radius 3 is 2.88 bits per heavy atom. The van der Waals surface area contributed by atoms with Gasteiger partial charge in [-0.1, -0.05) is 22.8 Å². The average molecular weight is 251 g/mol. The van der Waals surface area contributed by atoms with E-state index in [9.17, 15) is 0 Å².